The van der Waals surface area contributed by atoms with Crippen LogP contribution in [-0.2, 0) is 0 Å². The smallest absolute Gasteiger partial charge is 0.235 e. The third-order valence-corrected chi connectivity index (χ3v) is 12.5. The van der Waals surface area contributed by atoms with Crippen molar-refractivity contribution in [3.63, 3.8) is 0 Å². The van der Waals surface area contributed by atoms with Crippen molar-refractivity contribution in [2.45, 2.75) is 0 Å². The van der Waals surface area contributed by atoms with Crippen LogP contribution in [0.25, 0.3) is 126 Å². The first-order valence-corrected chi connectivity index (χ1v) is 20.2. The van der Waals surface area contributed by atoms with E-state index in [0.29, 0.717) is 5.95 Å². The van der Waals surface area contributed by atoms with Crippen LogP contribution < -0.4 is 0 Å². The molecule has 0 aliphatic carbocycles. The number of rotatable bonds is 3. The molecule has 2 heterocycles. The van der Waals surface area contributed by atoms with E-state index in [-0.39, 0.29) is 0 Å². The molecule has 13 aromatic rings. The summed E-state index contributed by atoms with van der Waals surface area (Å²) >= 11 is 0. The van der Waals surface area contributed by atoms with Gasteiger partial charge in [-0.15, -0.1) is 0 Å². The third kappa shape index (κ3) is 4.70. The Bertz CT molecular complexity index is 3880. The standard InChI is InChI=1S/C56H33N3/c1-2-15-36-31-39(26-25-34(36)13-1)53-48-23-11-12-24-51(48)57-56(58-53)59-54-41-18-6-3-14-35(41)27-30-47(54)50-32-37-16-4-5-17-40(37)52(55(50)59)38-28-29-46-44-21-8-7-19-42(44)43-20-9-10-22-45(43)49(46)33-38/h1-33H. The SMILES string of the molecule is c1ccc2cc(-c3nc(-n4c5c(-c6ccc7c8ccccc8c8ccccc8c7c6)c6ccccc6cc5c5ccc6ccccc6c54)nc4ccccc34)ccc2c1. The Hall–Kier alpha value is -7.88. The predicted molar refractivity (Wildman–Crippen MR) is 250 cm³/mol. The average molecular weight is 748 g/mol. The minimum Gasteiger partial charge on any atom is -0.277 e. The molecule has 0 N–H and O–H groups in total. The molecule has 3 nitrogen and oxygen atoms in total. The molecule has 59 heavy (non-hydrogen) atoms. The lowest BCUT2D eigenvalue weighted by atomic mass is 9.90. The van der Waals surface area contributed by atoms with Crippen molar-refractivity contribution < 1.29 is 0 Å². The molecule has 0 bridgehead atoms. The first-order chi connectivity index (χ1) is 29.3. The van der Waals surface area contributed by atoms with Gasteiger partial charge in [-0.05, 0) is 89.1 Å². The molecule has 0 aliphatic rings. The van der Waals surface area contributed by atoms with Crippen LogP contribution in [0.1, 0.15) is 0 Å². The highest BCUT2D eigenvalue weighted by atomic mass is 15.2. The van der Waals surface area contributed by atoms with Crippen molar-refractivity contribution >= 4 is 97.3 Å². The molecule has 0 unspecified atom stereocenters. The Morgan fingerprint density at radius 3 is 1.59 bits per heavy atom. The summed E-state index contributed by atoms with van der Waals surface area (Å²) in [6, 6.07) is 72.8. The van der Waals surface area contributed by atoms with E-state index in [9.17, 15) is 0 Å². The summed E-state index contributed by atoms with van der Waals surface area (Å²) in [6.45, 7) is 0. The maximum Gasteiger partial charge on any atom is 0.235 e. The van der Waals surface area contributed by atoms with E-state index in [0.717, 1.165) is 44.1 Å². The topological polar surface area (TPSA) is 30.7 Å². The summed E-state index contributed by atoms with van der Waals surface area (Å²) in [5, 5.41) is 18.0. The lowest BCUT2D eigenvalue weighted by Crippen LogP contribution is -2.04. The molecule has 13 rings (SSSR count). The molecule has 0 spiro atoms. The fraction of sp³-hybridized carbons (Fsp3) is 0. The second kappa shape index (κ2) is 12.3. The summed E-state index contributed by atoms with van der Waals surface area (Å²) in [5.74, 6) is 0.650. The van der Waals surface area contributed by atoms with Gasteiger partial charge in [-0.25, -0.2) is 9.97 Å². The van der Waals surface area contributed by atoms with Crippen molar-refractivity contribution in [1.82, 2.24) is 14.5 Å². The number of para-hydroxylation sites is 1. The number of benzene rings is 11. The van der Waals surface area contributed by atoms with Gasteiger partial charge >= 0.3 is 0 Å². The minimum absolute atomic E-state index is 0.650. The molecule has 0 saturated carbocycles. The molecule has 0 fully saturated rings. The number of hydrogen-bond acceptors (Lipinski definition) is 2. The molecule has 0 radical (unpaired) electrons. The van der Waals surface area contributed by atoms with E-state index in [1.807, 2.05) is 0 Å². The average Bonchev–Trinajstić information content (AvgIpc) is 3.64. The van der Waals surface area contributed by atoms with Crippen LogP contribution in [0.5, 0.6) is 0 Å². The quantitative estimate of drug-likeness (QED) is 0.169. The summed E-state index contributed by atoms with van der Waals surface area (Å²) in [4.78, 5) is 11.1. The monoisotopic (exact) mass is 747 g/mol. The lowest BCUT2D eigenvalue weighted by molar-refractivity contribution is 1.02. The number of aromatic nitrogens is 3. The Morgan fingerprint density at radius 2 is 0.831 bits per heavy atom. The molecule has 0 atom stereocenters. The van der Waals surface area contributed by atoms with Gasteiger partial charge in [0.05, 0.1) is 22.2 Å². The van der Waals surface area contributed by atoms with Crippen molar-refractivity contribution in [2.75, 3.05) is 0 Å². The van der Waals surface area contributed by atoms with E-state index in [4.69, 9.17) is 9.97 Å². The predicted octanol–water partition coefficient (Wildman–Crippen LogP) is 15.0. The van der Waals surface area contributed by atoms with Gasteiger partial charge in [-0.1, -0.05) is 176 Å². The maximum atomic E-state index is 5.62. The highest BCUT2D eigenvalue weighted by Gasteiger charge is 2.24. The van der Waals surface area contributed by atoms with Gasteiger partial charge in [-0.3, -0.25) is 4.57 Å². The lowest BCUT2D eigenvalue weighted by Gasteiger charge is -2.17. The Balaban J connectivity index is 1.21. The van der Waals surface area contributed by atoms with Gasteiger partial charge < -0.3 is 0 Å². The fourth-order valence-electron chi connectivity index (χ4n) is 9.88. The van der Waals surface area contributed by atoms with Gasteiger partial charge in [0.1, 0.15) is 0 Å². The van der Waals surface area contributed by atoms with Crippen molar-refractivity contribution in [3.8, 4) is 28.3 Å². The van der Waals surface area contributed by atoms with Gasteiger partial charge in [0.2, 0.25) is 5.95 Å². The van der Waals surface area contributed by atoms with Gasteiger partial charge in [0.15, 0.2) is 0 Å². The first kappa shape index (κ1) is 32.2. The van der Waals surface area contributed by atoms with E-state index >= 15 is 0 Å². The molecule has 2 aromatic heterocycles. The van der Waals surface area contributed by atoms with Gasteiger partial charge in [-0.2, -0.15) is 0 Å². The second-order valence-electron chi connectivity index (χ2n) is 15.7. The fourth-order valence-corrected chi connectivity index (χ4v) is 9.88. The summed E-state index contributed by atoms with van der Waals surface area (Å²) in [6.07, 6.45) is 0. The van der Waals surface area contributed by atoms with Crippen LogP contribution in [0.4, 0.5) is 0 Å². The number of nitrogens with zero attached hydrogens (tertiary/aromatic N) is 3. The summed E-state index contributed by atoms with van der Waals surface area (Å²) < 4.78 is 2.37. The van der Waals surface area contributed by atoms with Crippen molar-refractivity contribution in [2.24, 2.45) is 0 Å². The third-order valence-electron chi connectivity index (χ3n) is 12.5. The molecule has 3 heteroatoms. The normalized spacial score (nSPS) is 12.1. The zero-order valence-corrected chi connectivity index (χ0v) is 31.9. The van der Waals surface area contributed by atoms with Crippen molar-refractivity contribution in [3.05, 3.63) is 200 Å². The molecule has 0 amide bonds. The maximum absolute atomic E-state index is 5.62. The van der Waals surface area contributed by atoms with E-state index in [1.54, 1.807) is 0 Å². The van der Waals surface area contributed by atoms with Crippen LogP contribution in [0, 0.1) is 0 Å². The molecular formula is C56H33N3. The summed E-state index contributed by atoms with van der Waals surface area (Å²) in [5.41, 5.74) is 7.41. The highest BCUT2D eigenvalue weighted by molar-refractivity contribution is 6.28. The van der Waals surface area contributed by atoms with E-state index < -0.39 is 0 Å². The Kier molecular flexibility index (Phi) is 6.72. The second-order valence-corrected chi connectivity index (χ2v) is 15.7. The zero-order valence-electron chi connectivity index (χ0n) is 31.9. The van der Waals surface area contributed by atoms with E-state index in [1.165, 1.54) is 75.6 Å². The van der Waals surface area contributed by atoms with Gasteiger partial charge in [0.25, 0.3) is 0 Å². The van der Waals surface area contributed by atoms with Crippen LogP contribution >= 0.6 is 0 Å². The van der Waals surface area contributed by atoms with Crippen LogP contribution in [0.2, 0.25) is 0 Å². The first-order valence-electron chi connectivity index (χ1n) is 20.2. The molecule has 0 saturated heterocycles. The van der Waals surface area contributed by atoms with E-state index in [2.05, 4.69) is 205 Å². The molecule has 0 aliphatic heterocycles. The highest BCUT2D eigenvalue weighted by Crippen LogP contribution is 2.46. The molecule has 272 valence electrons. The zero-order chi connectivity index (χ0) is 38.6. The minimum atomic E-state index is 0.650. The molecule has 11 aromatic carbocycles. The van der Waals surface area contributed by atoms with Crippen LogP contribution in [-0.4, -0.2) is 14.5 Å². The van der Waals surface area contributed by atoms with Crippen LogP contribution in [0.15, 0.2) is 200 Å². The van der Waals surface area contributed by atoms with Gasteiger partial charge in [0, 0.05) is 32.7 Å². The number of hydrogen-bond donors (Lipinski definition) is 0. The molecular weight excluding hydrogens is 715 g/mol. The number of fused-ring (bicyclic) bond motifs is 14. The largest absolute Gasteiger partial charge is 0.277 e. The summed E-state index contributed by atoms with van der Waals surface area (Å²) in [7, 11) is 0. The Labute approximate surface area is 339 Å². The van der Waals surface area contributed by atoms with Crippen LogP contribution in [0.3, 0.4) is 0 Å². The Morgan fingerprint density at radius 1 is 0.288 bits per heavy atom. The van der Waals surface area contributed by atoms with Crippen molar-refractivity contribution in [1.29, 1.82) is 0 Å².